The topological polar surface area (TPSA) is 0 Å². The van der Waals surface area contributed by atoms with Crippen LogP contribution in [0.4, 0.5) is 0 Å². The quantitative estimate of drug-likeness (QED) is 0.160. The third-order valence-electron chi connectivity index (χ3n) is 8.23. The van der Waals surface area contributed by atoms with Crippen LogP contribution in [0.2, 0.25) is 0 Å². The van der Waals surface area contributed by atoms with Crippen LogP contribution in [-0.2, 0) is 10.8 Å². The minimum absolute atomic E-state index is 0.423. The largest absolute Gasteiger partial charge is 0.0643 e. The maximum absolute atomic E-state index is 2.63. The summed E-state index contributed by atoms with van der Waals surface area (Å²) in [7, 11) is 0. The van der Waals surface area contributed by atoms with Crippen molar-refractivity contribution in [3.63, 3.8) is 0 Å². The first-order valence-electron chi connectivity index (χ1n) is 12.8. The number of benzene rings is 6. The predicted molar refractivity (Wildman–Crippen MR) is 175 cm³/mol. The molecule has 2 heteroatoms. The summed E-state index contributed by atoms with van der Waals surface area (Å²) in [5.74, 6) is 0. The average Bonchev–Trinajstić information content (AvgIpc) is 2.98. The van der Waals surface area contributed by atoms with E-state index in [1.165, 1.54) is 51.3 Å². The molecule has 0 N–H and O–H groups in total. The molecule has 0 aromatic heterocycles. The van der Waals surface area contributed by atoms with Gasteiger partial charge in [0.05, 0.1) is 10.8 Å². The second-order valence-corrected chi connectivity index (χ2v) is 12.0. The van der Waals surface area contributed by atoms with Crippen LogP contribution in [0.1, 0.15) is 33.4 Å². The third kappa shape index (κ3) is 3.07. The smallest absolute Gasteiger partial charge is 0.0622 e. The summed E-state index contributed by atoms with van der Waals surface area (Å²) in [5.41, 5.74) is 7.26. The van der Waals surface area contributed by atoms with Crippen molar-refractivity contribution >= 4 is 56.0 Å². The van der Waals surface area contributed by atoms with E-state index in [-0.39, 0.29) is 0 Å². The van der Waals surface area contributed by atoms with E-state index in [1.807, 2.05) is 0 Å². The van der Waals surface area contributed by atoms with E-state index < -0.39 is 10.8 Å². The van der Waals surface area contributed by atoms with Crippen LogP contribution in [0.15, 0.2) is 146 Å². The van der Waals surface area contributed by atoms with E-state index in [4.69, 9.17) is 0 Å². The van der Waals surface area contributed by atoms with Gasteiger partial charge in [0.2, 0.25) is 0 Å². The van der Waals surface area contributed by atoms with Crippen LogP contribution >= 0.6 is 45.2 Å². The Balaban J connectivity index is 1.80. The minimum Gasteiger partial charge on any atom is -0.0622 e. The summed E-state index contributed by atoms with van der Waals surface area (Å²) in [6.07, 6.45) is 0. The van der Waals surface area contributed by atoms with Crippen LogP contribution in [0.5, 0.6) is 0 Å². The molecule has 182 valence electrons. The highest BCUT2D eigenvalue weighted by atomic mass is 127. The maximum Gasteiger partial charge on any atom is 0.0643 e. The van der Waals surface area contributed by atoms with Crippen LogP contribution in [0, 0.1) is 7.14 Å². The van der Waals surface area contributed by atoms with E-state index in [0.29, 0.717) is 0 Å². The van der Waals surface area contributed by atoms with Crippen LogP contribution < -0.4 is 0 Å². The maximum atomic E-state index is 2.63. The molecule has 0 fully saturated rings. The molecule has 1 aliphatic rings. The molecule has 0 amide bonds. The number of halogens is 2. The van der Waals surface area contributed by atoms with E-state index in [2.05, 4.69) is 191 Å². The van der Waals surface area contributed by atoms with Crippen molar-refractivity contribution in [2.75, 3.05) is 0 Å². The second kappa shape index (κ2) is 9.35. The van der Waals surface area contributed by atoms with Gasteiger partial charge < -0.3 is 0 Å². The number of hydrogen-bond acceptors (Lipinski definition) is 0. The zero-order valence-electron chi connectivity index (χ0n) is 20.6. The molecule has 1 aliphatic carbocycles. The Morgan fingerprint density at radius 1 is 0.316 bits per heavy atom. The molecule has 0 nitrogen and oxygen atoms in total. The first-order valence-corrected chi connectivity index (χ1v) is 15.0. The van der Waals surface area contributed by atoms with Crippen LogP contribution in [0.3, 0.4) is 0 Å². The van der Waals surface area contributed by atoms with Gasteiger partial charge in [-0.3, -0.25) is 0 Å². The zero-order chi connectivity index (χ0) is 25.7. The van der Waals surface area contributed by atoms with Crippen LogP contribution in [-0.4, -0.2) is 0 Å². The van der Waals surface area contributed by atoms with Gasteiger partial charge in [0, 0.05) is 7.14 Å². The molecule has 6 aromatic carbocycles. The Morgan fingerprint density at radius 2 is 0.553 bits per heavy atom. The van der Waals surface area contributed by atoms with E-state index in [9.17, 15) is 0 Å². The lowest BCUT2D eigenvalue weighted by Crippen LogP contribution is -2.62. The highest BCUT2D eigenvalue weighted by Gasteiger charge is 2.68. The zero-order valence-corrected chi connectivity index (χ0v) is 24.9. The summed E-state index contributed by atoms with van der Waals surface area (Å²) in [4.78, 5) is 0. The number of fused-ring (bicyclic) bond motifs is 2. The fraction of sp³-hybridized carbons (Fsp3) is 0.0556. The molecule has 0 aliphatic heterocycles. The van der Waals surface area contributed by atoms with E-state index in [0.717, 1.165) is 0 Å². The summed E-state index contributed by atoms with van der Waals surface area (Å²) < 4.78 is 2.67. The van der Waals surface area contributed by atoms with Gasteiger partial charge in [-0.15, -0.1) is 0 Å². The van der Waals surface area contributed by atoms with Gasteiger partial charge >= 0.3 is 0 Å². The fourth-order valence-electron chi connectivity index (χ4n) is 6.90. The van der Waals surface area contributed by atoms with Crippen molar-refractivity contribution in [1.82, 2.24) is 0 Å². The lowest BCUT2D eigenvalue weighted by molar-refractivity contribution is 0.348. The Bertz CT molecular complexity index is 1550. The Kier molecular flexibility index (Phi) is 5.93. The van der Waals surface area contributed by atoms with Gasteiger partial charge in [0.1, 0.15) is 0 Å². The predicted octanol–water partition coefficient (Wildman–Crippen LogP) is 9.73. The lowest BCUT2D eigenvalue weighted by Gasteiger charge is -2.63. The monoisotopic (exact) mass is 710 g/mol. The van der Waals surface area contributed by atoms with Crippen molar-refractivity contribution in [3.8, 4) is 0 Å². The van der Waals surface area contributed by atoms with Gasteiger partial charge in [-0.2, -0.15) is 0 Å². The van der Waals surface area contributed by atoms with Crippen molar-refractivity contribution in [2.45, 2.75) is 10.8 Å². The molecule has 38 heavy (non-hydrogen) atoms. The Morgan fingerprint density at radius 3 is 0.816 bits per heavy atom. The average molecular weight is 710 g/mol. The molecule has 0 spiro atoms. The molecule has 0 heterocycles. The highest BCUT2D eigenvalue weighted by molar-refractivity contribution is 14.1. The fourth-order valence-corrected chi connectivity index (χ4v) is 9.19. The number of rotatable bonds is 4. The highest BCUT2D eigenvalue weighted by Crippen LogP contribution is 2.70. The van der Waals surface area contributed by atoms with E-state index in [1.54, 1.807) is 0 Å². The number of hydrogen-bond donors (Lipinski definition) is 0. The van der Waals surface area contributed by atoms with Gasteiger partial charge in [0.15, 0.2) is 0 Å². The molecule has 0 atom stereocenters. The summed E-state index contributed by atoms with van der Waals surface area (Å²) >= 11 is 5.25. The first kappa shape index (κ1) is 24.1. The van der Waals surface area contributed by atoms with E-state index >= 15 is 0 Å². The molecule has 0 radical (unpaired) electrons. The second-order valence-electron chi connectivity index (χ2n) is 9.89. The first-order chi connectivity index (χ1) is 18.7. The van der Waals surface area contributed by atoms with Gasteiger partial charge in [-0.05, 0) is 89.3 Å². The van der Waals surface area contributed by atoms with Crippen molar-refractivity contribution in [1.29, 1.82) is 0 Å². The minimum atomic E-state index is -0.423. The van der Waals surface area contributed by atoms with Crippen molar-refractivity contribution in [2.24, 2.45) is 0 Å². The summed E-state index contributed by atoms with van der Waals surface area (Å²) in [6, 6.07) is 53.6. The van der Waals surface area contributed by atoms with Crippen molar-refractivity contribution < 1.29 is 0 Å². The Hall–Kier alpha value is -2.96. The molecule has 0 saturated carbocycles. The molecule has 0 unspecified atom stereocenters. The SMILES string of the molecule is Ic1c2c(c(I)c3ccccc13)C(c1ccccc1)(c1ccccc1)C2(c1ccccc1)c1ccccc1. The van der Waals surface area contributed by atoms with Gasteiger partial charge in [-0.1, -0.05) is 146 Å². The standard InChI is InChI=1S/C36H24I2/c37-33-29-23-13-14-24-30(29)34(38)32-31(33)35(25-15-5-1-6-16-25,26-17-7-2-8-18-26)36(32,27-19-9-3-10-20-27)28-21-11-4-12-22-28/h1-24H. The van der Waals surface area contributed by atoms with Gasteiger partial charge in [-0.25, -0.2) is 0 Å². The molecular weight excluding hydrogens is 686 g/mol. The normalized spacial score (nSPS) is 15.0. The third-order valence-corrected chi connectivity index (χ3v) is 10.5. The molecular formula is C36H24I2. The van der Waals surface area contributed by atoms with Crippen LogP contribution in [0.25, 0.3) is 10.8 Å². The van der Waals surface area contributed by atoms with Crippen molar-refractivity contribution in [3.05, 3.63) is 186 Å². The van der Waals surface area contributed by atoms with Gasteiger partial charge in [0.25, 0.3) is 0 Å². The molecule has 7 rings (SSSR count). The lowest BCUT2D eigenvalue weighted by atomic mass is 9.38. The molecule has 0 saturated heterocycles. The summed E-state index contributed by atoms with van der Waals surface area (Å²) in [6.45, 7) is 0. The molecule has 6 aromatic rings. The Labute approximate surface area is 251 Å². The summed E-state index contributed by atoms with van der Waals surface area (Å²) in [5, 5.41) is 2.64. The molecule has 0 bridgehead atoms.